The van der Waals surface area contributed by atoms with Crippen LogP contribution in [0.4, 0.5) is 0 Å². The van der Waals surface area contributed by atoms with Crippen molar-refractivity contribution in [2.75, 3.05) is 33.2 Å². The molecule has 5 heteroatoms. The van der Waals surface area contributed by atoms with Crippen molar-refractivity contribution < 1.29 is 9.59 Å². The van der Waals surface area contributed by atoms with Gasteiger partial charge in [-0.3, -0.25) is 14.5 Å². The van der Waals surface area contributed by atoms with Gasteiger partial charge in [-0.2, -0.15) is 0 Å². The molecule has 1 saturated heterocycles. The van der Waals surface area contributed by atoms with Gasteiger partial charge in [-0.15, -0.1) is 0 Å². The number of amides is 1. The molecule has 0 unspecified atom stereocenters. The zero-order chi connectivity index (χ0) is 21.5. The number of carbonyl (C=O) groups is 2. The fraction of sp³-hybridized carbons (Fsp3) is 0.440. The Kier molecular flexibility index (Phi) is 7.77. The predicted octanol–water partition coefficient (Wildman–Crippen LogP) is 3.33. The Morgan fingerprint density at radius 2 is 1.63 bits per heavy atom. The average molecular weight is 408 g/mol. The summed E-state index contributed by atoms with van der Waals surface area (Å²) in [5.74, 6) is -0.0703. The summed E-state index contributed by atoms with van der Waals surface area (Å²) < 4.78 is 0. The summed E-state index contributed by atoms with van der Waals surface area (Å²) >= 11 is 0. The van der Waals surface area contributed by atoms with Gasteiger partial charge in [0.2, 0.25) is 5.91 Å². The maximum atomic E-state index is 12.4. The Labute approximate surface area is 180 Å². The minimum atomic E-state index is -0.0864. The number of rotatable bonds is 8. The molecular formula is C25H33N3O2. The number of carbonyl (C=O) groups excluding carboxylic acids is 2. The number of nitrogens with one attached hydrogen (secondary N) is 1. The van der Waals surface area contributed by atoms with Crippen LogP contribution < -0.4 is 5.32 Å². The Morgan fingerprint density at radius 3 is 2.37 bits per heavy atom. The van der Waals surface area contributed by atoms with E-state index in [0.717, 1.165) is 43.9 Å². The molecule has 0 bridgehead atoms. The first-order valence-corrected chi connectivity index (χ1v) is 10.8. The number of hydrogen-bond donors (Lipinski definition) is 1. The number of hydrogen-bond acceptors (Lipinski definition) is 4. The molecule has 0 aromatic heterocycles. The molecule has 160 valence electrons. The van der Waals surface area contributed by atoms with E-state index in [1.54, 1.807) is 0 Å². The number of benzene rings is 2. The minimum absolute atomic E-state index is 0.0161. The van der Waals surface area contributed by atoms with Crippen molar-refractivity contribution >= 4 is 11.7 Å². The van der Waals surface area contributed by atoms with Crippen molar-refractivity contribution in [3.63, 3.8) is 0 Å². The van der Waals surface area contributed by atoms with E-state index in [2.05, 4.69) is 40.4 Å². The summed E-state index contributed by atoms with van der Waals surface area (Å²) in [5, 5.41) is 2.95. The molecule has 0 aliphatic carbocycles. The molecule has 3 rings (SSSR count). The van der Waals surface area contributed by atoms with Gasteiger partial charge in [-0.25, -0.2) is 0 Å². The van der Waals surface area contributed by atoms with E-state index in [0.29, 0.717) is 12.1 Å². The van der Waals surface area contributed by atoms with E-state index in [4.69, 9.17) is 0 Å². The molecule has 1 aliphatic rings. The molecule has 30 heavy (non-hydrogen) atoms. The molecule has 0 saturated carbocycles. The zero-order valence-electron chi connectivity index (χ0n) is 18.4. The normalized spacial score (nSPS) is 15.2. The molecule has 1 fully saturated rings. The van der Waals surface area contributed by atoms with Gasteiger partial charge in [0.05, 0.1) is 0 Å². The second kappa shape index (κ2) is 10.5. The van der Waals surface area contributed by atoms with Crippen LogP contribution >= 0.6 is 0 Å². The third-order valence-corrected chi connectivity index (χ3v) is 5.89. The molecule has 2 aromatic rings. The molecule has 0 radical (unpaired) electrons. The lowest BCUT2D eigenvalue weighted by Gasteiger charge is -2.32. The van der Waals surface area contributed by atoms with Crippen LogP contribution in [0.25, 0.3) is 0 Å². The lowest BCUT2D eigenvalue weighted by molar-refractivity contribution is -0.121. The standard InChI is InChI=1S/C25H33N3O2/c1-19-7-8-23(15-20(19)2)24(29)9-10-25(30)26-17-21-5-4-6-22(16-21)18-28-13-11-27(3)12-14-28/h4-8,15-16H,9-14,17-18H2,1-3H3,(H,26,30). The molecule has 0 spiro atoms. The van der Waals surface area contributed by atoms with Crippen molar-refractivity contribution in [2.24, 2.45) is 0 Å². The van der Waals surface area contributed by atoms with E-state index in [1.807, 2.05) is 38.1 Å². The summed E-state index contributed by atoms with van der Waals surface area (Å²) in [5.41, 5.74) is 5.31. The van der Waals surface area contributed by atoms with E-state index in [9.17, 15) is 9.59 Å². The number of ketones is 1. The van der Waals surface area contributed by atoms with Crippen molar-refractivity contribution in [1.29, 1.82) is 0 Å². The van der Waals surface area contributed by atoms with Crippen LogP contribution in [0, 0.1) is 13.8 Å². The second-order valence-corrected chi connectivity index (χ2v) is 8.40. The van der Waals surface area contributed by atoms with E-state index in [1.165, 1.54) is 11.1 Å². The van der Waals surface area contributed by atoms with Gasteiger partial charge < -0.3 is 10.2 Å². The second-order valence-electron chi connectivity index (χ2n) is 8.40. The fourth-order valence-electron chi connectivity index (χ4n) is 3.68. The van der Waals surface area contributed by atoms with E-state index in [-0.39, 0.29) is 24.5 Å². The molecule has 1 amide bonds. The van der Waals surface area contributed by atoms with Crippen LogP contribution in [0.2, 0.25) is 0 Å². The van der Waals surface area contributed by atoms with Gasteiger partial charge in [-0.05, 0) is 49.2 Å². The lowest BCUT2D eigenvalue weighted by Crippen LogP contribution is -2.43. The highest BCUT2D eigenvalue weighted by molar-refractivity contribution is 5.98. The summed E-state index contributed by atoms with van der Waals surface area (Å²) in [6, 6.07) is 14.1. The van der Waals surface area contributed by atoms with Crippen LogP contribution in [0.3, 0.4) is 0 Å². The maximum Gasteiger partial charge on any atom is 0.220 e. The van der Waals surface area contributed by atoms with Crippen LogP contribution in [-0.4, -0.2) is 54.7 Å². The predicted molar refractivity (Wildman–Crippen MR) is 121 cm³/mol. The van der Waals surface area contributed by atoms with Crippen LogP contribution in [0.1, 0.15) is 45.5 Å². The number of likely N-dealkylation sites (N-methyl/N-ethyl adjacent to an activating group) is 1. The third-order valence-electron chi connectivity index (χ3n) is 5.89. The molecule has 0 atom stereocenters. The van der Waals surface area contributed by atoms with Crippen molar-refractivity contribution in [3.8, 4) is 0 Å². The zero-order valence-corrected chi connectivity index (χ0v) is 18.4. The van der Waals surface area contributed by atoms with Gasteiger partial charge in [0, 0.05) is 57.7 Å². The number of piperazine rings is 1. The van der Waals surface area contributed by atoms with E-state index < -0.39 is 0 Å². The molecule has 2 aromatic carbocycles. The Morgan fingerprint density at radius 1 is 0.900 bits per heavy atom. The molecule has 1 N–H and O–H groups in total. The minimum Gasteiger partial charge on any atom is -0.352 e. The number of nitrogens with zero attached hydrogens (tertiary/aromatic N) is 2. The SMILES string of the molecule is Cc1ccc(C(=O)CCC(=O)NCc2cccc(CN3CCN(C)CC3)c2)cc1C. The van der Waals surface area contributed by atoms with Gasteiger partial charge in [0.25, 0.3) is 0 Å². The van der Waals surface area contributed by atoms with Gasteiger partial charge >= 0.3 is 0 Å². The highest BCUT2D eigenvalue weighted by Crippen LogP contribution is 2.13. The molecular weight excluding hydrogens is 374 g/mol. The quantitative estimate of drug-likeness (QED) is 0.682. The smallest absolute Gasteiger partial charge is 0.220 e. The molecule has 1 aliphatic heterocycles. The van der Waals surface area contributed by atoms with E-state index >= 15 is 0 Å². The van der Waals surface area contributed by atoms with Gasteiger partial charge in [0.1, 0.15) is 0 Å². The highest BCUT2D eigenvalue weighted by atomic mass is 16.2. The third kappa shape index (κ3) is 6.51. The van der Waals surface area contributed by atoms with Gasteiger partial charge in [-0.1, -0.05) is 36.4 Å². The average Bonchev–Trinajstić information content (AvgIpc) is 2.74. The molecule has 1 heterocycles. The fourth-order valence-corrected chi connectivity index (χ4v) is 3.68. The lowest BCUT2D eigenvalue weighted by atomic mass is 10.0. The van der Waals surface area contributed by atoms with Gasteiger partial charge in [0.15, 0.2) is 5.78 Å². The monoisotopic (exact) mass is 407 g/mol. The Bertz CT molecular complexity index is 886. The summed E-state index contributed by atoms with van der Waals surface area (Å²) in [6.07, 6.45) is 0.449. The Balaban J connectivity index is 1.44. The maximum absolute atomic E-state index is 12.4. The number of aryl methyl sites for hydroxylation is 2. The first-order chi connectivity index (χ1) is 14.4. The summed E-state index contributed by atoms with van der Waals surface area (Å²) in [6.45, 7) is 9.85. The number of Topliss-reactive ketones (excluding diaryl/α,β-unsaturated/α-hetero) is 1. The highest BCUT2D eigenvalue weighted by Gasteiger charge is 2.14. The molecule has 5 nitrogen and oxygen atoms in total. The van der Waals surface area contributed by atoms with Crippen molar-refractivity contribution in [1.82, 2.24) is 15.1 Å². The Hall–Kier alpha value is -2.50. The first kappa shape index (κ1) is 22.2. The largest absolute Gasteiger partial charge is 0.352 e. The first-order valence-electron chi connectivity index (χ1n) is 10.8. The van der Waals surface area contributed by atoms with Crippen molar-refractivity contribution in [3.05, 3.63) is 70.3 Å². The van der Waals surface area contributed by atoms with Crippen LogP contribution in [0.15, 0.2) is 42.5 Å². The topological polar surface area (TPSA) is 52.7 Å². The summed E-state index contributed by atoms with van der Waals surface area (Å²) in [7, 11) is 2.16. The summed E-state index contributed by atoms with van der Waals surface area (Å²) in [4.78, 5) is 29.4. The van der Waals surface area contributed by atoms with Crippen LogP contribution in [0.5, 0.6) is 0 Å². The van der Waals surface area contributed by atoms with Crippen molar-refractivity contribution in [2.45, 2.75) is 39.8 Å². The van der Waals surface area contributed by atoms with Crippen LogP contribution in [-0.2, 0) is 17.9 Å².